The summed E-state index contributed by atoms with van der Waals surface area (Å²) < 4.78 is 0. The van der Waals surface area contributed by atoms with Crippen LogP contribution in [0.5, 0.6) is 5.75 Å². The zero-order valence-corrected chi connectivity index (χ0v) is 28.0. The normalized spacial score (nSPS) is 15.6. The number of hydrogen-bond donors (Lipinski definition) is 0. The molecule has 0 bridgehead atoms. The molecule has 0 fully saturated rings. The Bertz CT molecular complexity index is 1400. The van der Waals surface area contributed by atoms with Crippen LogP contribution in [0.15, 0.2) is 71.3 Å². The van der Waals surface area contributed by atoms with Crippen molar-refractivity contribution in [3.05, 3.63) is 99.2 Å². The van der Waals surface area contributed by atoms with Crippen molar-refractivity contribution in [3.63, 3.8) is 0 Å². The minimum absolute atomic E-state index is 0.118. The van der Waals surface area contributed by atoms with Gasteiger partial charge in [-0.25, -0.2) is 0 Å². The Hall–Kier alpha value is -3.13. The maximum atomic E-state index is 13.9. The standard InChI is InChI=1S/C39H51O2/c1-15-24(2)25-17-16-18-26(19-25)33(27-20-29(36(3,4)5)34(40)30(21-27)37(6,7)8)28-22-31(38(9,10)11)35(41)32(23-28)39(12,13)14/h15-23H,1-14H3/b24-15-. The van der Waals surface area contributed by atoms with Crippen molar-refractivity contribution in [1.29, 1.82) is 0 Å². The first-order valence-corrected chi connectivity index (χ1v) is 14.9. The molecule has 2 heteroatoms. The minimum atomic E-state index is -0.326. The van der Waals surface area contributed by atoms with Crippen molar-refractivity contribution < 1.29 is 9.90 Å². The van der Waals surface area contributed by atoms with Crippen LogP contribution in [-0.4, -0.2) is 5.78 Å². The molecule has 0 saturated heterocycles. The zero-order valence-electron chi connectivity index (χ0n) is 28.0. The lowest BCUT2D eigenvalue weighted by Crippen LogP contribution is -2.28. The molecular weight excluding hydrogens is 500 g/mol. The van der Waals surface area contributed by atoms with Gasteiger partial charge in [0.15, 0.2) is 11.5 Å². The van der Waals surface area contributed by atoms with Crippen LogP contribution in [0.3, 0.4) is 0 Å². The van der Waals surface area contributed by atoms with Crippen molar-refractivity contribution in [2.24, 2.45) is 10.8 Å². The number of hydrogen-bond acceptors (Lipinski definition) is 1. The maximum absolute atomic E-state index is 13.9. The second-order valence-electron chi connectivity index (χ2n) is 15.7. The highest BCUT2D eigenvalue weighted by Crippen LogP contribution is 2.45. The van der Waals surface area contributed by atoms with Crippen LogP contribution in [0.25, 0.3) is 11.1 Å². The smallest absolute Gasteiger partial charge is 0.186 e. The molecule has 0 heterocycles. The zero-order chi connectivity index (χ0) is 31.3. The van der Waals surface area contributed by atoms with Gasteiger partial charge < -0.3 is 0 Å². The van der Waals surface area contributed by atoms with E-state index in [-0.39, 0.29) is 33.2 Å². The first-order valence-electron chi connectivity index (χ1n) is 14.9. The number of allylic oxidation sites excluding steroid dienone is 7. The highest BCUT2D eigenvalue weighted by atomic mass is 16.3. The number of rotatable bonds is 3. The van der Waals surface area contributed by atoms with Crippen molar-refractivity contribution in [2.75, 3.05) is 0 Å². The van der Waals surface area contributed by atoms with Crippen LogP contribution < -0.4 is 0 Å². The fraction of sp³-hybridized carbons (Fsp3) is 0.462. The highest BCUT2D eigenvalue weighted by molar-refractivity contribution is 6.12. The second-order valence-corrected chi connectivity index (χ2v) is 15.7. The average Bonchev–Trinajstić information content (AvgIpc) is 2.82. The van der Waals surface area contributed by atoms with E-state index in [4.69, 9.17) is 0 Å². The molecule has 1 radical (unpaired) electrons. The summed E-state index contributed by atoms with van der Waals surface area (Å²) in [5, 5.41) is 13.9. The Kier molecular flexibility index (Phi) is 8.64. The molecule has 0 unspecified atom stereocenters. The van der Waals surface area contributed by atoms with Gasteiger partial charge in [-0.05, 0) is 99.3 Å². The Morgan fingerprint density at radius 2 is 1.07 bits per heavy atom. The topological polar surface area (TPSA) is 37.0 Å². The van der Waals surface area contributed by atoms with Crippen LogP contribution in [-0.2, 0) is 20.7 Å². The van der Waals surface area contributed by atoms with E-state index in [1.807, 2.05) is 0 Å². The molecule has 0 amide bonds. The summed E-state index contributed by atoms with van der Waals surface area (Å²) in [4.78, 5) is 13.9. The summed E-state index contributed by atoms with van der Waals surface area (Å²) in [7, 11) is 0. The lowest BCUT2D eigenvalue weighted by molar-refractivity contribution is -0.114. The summed E-state index contributed by atoms with van der Waals surface area (Å²) in [5.74, 6) is 0.236. The van der Waals surface area contributed by atoms with Gasteiger partial charge in [0.05, 0.1) is 0 Å². The summed E-state index contributed by atoms with van der Waals surface area (Å²) in [6.45, 7) is 29.5. The second kappa shape index (κ2) is 10.9. The highest BCUT2D eigenvalue weighted by Gasteiger charge is 2.35. The lowest BCUT2D eigenvalue weighted by Gasteiger charge is -2.32. The molecule has 0 aliphatic heterocycles. The van der Waals surface area contributed by atoms with E-state index in [1.165, 1.54) is 5.57 Å². The third-order valence-electron chi connectivity index (χ3n) is 8.03. The van der Waals surface area contributed by atoms with Gasteiger partial charge in [0, 0.05) is 22.3 Å². The molecule has 2 nitrogen and oxygen atoms in total. The summed E-state index contributed by atoms with van der Waals surface area (Å²) in [6.07, 6.45) is 6.32. The number of carbonyl (C=O) groups excluding carboxylic acids is 1. The van der Waals surface area contributed by atoms with Gasteiger partial charge >= 0.3 is 0 Å². The predicted molar refractivity (Wildman–Crippen MR) is 176 cm³/mol. The Labute approximate surface area is 250 Å². The van der Waals surface area contributed by atoms with Gasteiger partial charge in [0.1, 0.15) is 0 Å². The van der Waals surface area contributed by atoms with Crippen molar-refractivity contribution in [3.8, 4) is 5.75 Å². The predicted octanol–water partition coefficient (Wildman–Crippen LogP) is 11.2. The molecule has 0 saturated carbocycles. The molecule has 1 aliphatic rings. The fourth-order valence-corrected chi connectivity index (χ4v) is 5.36. The summed E-state index contributed by atoms with van der Waals surface area (Å²) >= 11 is 0. The van der Waals surface area contributed by atoms with Gasteiger partial charge in [0.2, 0.25) is 0 Å². The molecular formula is C39H51O2. The quantitative estimate of drug-likeness (QED) is 0.374. The van der Waals surface area contributed by atoms with Crippen molar-refractivity contribution in [1.82, 2.24) is 0 Å². The molecule has 2 aromatic carbocycles. The third kappa shape index (κ3) is 6.85. The van der Waals surface area contributed by atoms with E-state index in [1.54, 1.807) is 0 Å². The van der Waals surface area contributed by atoms with E-state index < -0.39 is 0 Å². The fourth-order valence-electron chi connectivity index (χ4n) is 5.36. The number of benzene rings is 2. The average molecular weight is 552 g/mol. The summed E-state index contributed by atoms with van der Waals surface area (Å²) in [6, 6.07) is 12.8. The van der Waals surface area contributed by atoms with Crippen LogP contribution in [0, 0.1) is 10.8 Å². The molecule has 2 aromatic rings. The van der Waals surface area contributed by atoms with E-state index in [2.05, 4.69) is 152 Å². The SMILES string of the molecule is C/C=C(/C)c1cccc(C(=C2C=C(C(C)(C)C)C(=O)C(C(C)(C)C)=C2)c2cc(C(C)(C)C)c([O])c(C(C)(C)C)c2)c1. The van der Waals surface area contributed by atoms with E-state index in [0.29, 0.717) is 0 Å². The van der Waals surface area contributed by atoms with Gasteiger partial charge in [0.25, 0.3) is 0 Å². The number of Topliss-reactive ketones (excluding diaryl/α,β-unsaturated/α-hetero) is 1. The Morgan fingerprint density at radius 3 is 1.46 bits per heavy atom. The molecule has 0 N–H and O–H groups in total. The van der Waals surface area contributed by atoms with E-state index >= 15 is 0 Å². The largest absolute Gasteiger partial charge is 0.289 e. The molecule has 0 aromatic heterocycles. The summed E-state index contributed by atoms with van der Waals surface area (Å²) in [5.41, 5.74) is 8.43. The molecule has 1 aliphatic carbocycles. The van der Waals surface area contributed by atoms with E-state index in [0.717, 1.165) is 50.1 Å². The van der Waals surface area contributed by atoms with Gasteiger partial charge in [-0.1, -0.05) is 107 Å². The minimum Gasteiger partial charge on any atom is -0.289 e. The number of carbonyl (C=O) groups is 1. The van der Waals surface area contributed by atoms with Crippen LogP contribution in [0.2, 0.25) is 0 Å². The number of ketones is 1. The molecule has 0 spiro atoms. The molecule has 219 valence electrons. The third-order valence-corrected chi connectivity index (χ3v) is 8.03. The molecule has 3 rings (SSSR count). The van der Waals surface area contributed by atoms with Crippen LogP contribution >= 0.6 is 0 Å². The Morgan fingerprint density at radius 1 is 0.634 bits per heavy atom. The first-order chi connectivity index (χ1) is 18.6. The van der Waals surface area contributed by atoms with E-state index in [9.17, 15) is 9.90 Å². The molecule has 41 heavy (non-hydrogen) atoms. The van der Waals surface area contributed by atoms with Gasteiger partial charge in [-0.2, -0.15) is 0 Å². The van der Waals surface area contributed by atoms with Crippen molar-refractivity contribution >= 4 is 16.9 Å². The van der Waals surface area contributed by atoms with Crippen LogP contribution in [0.1, 0.15) is 125 Å². The maximum Gasteiger partial charge on any atom is 0.186 e. The molecule has 0 atom stereocenters. The first kappa shape index (κ1) is 32.4. The lowest BCUT2D eigenvalue weighted by atomic mass is 9.70. The van der Waals surface area contributed by atoms with Gasteiger partial charge in [-0.15, -0.1) is 0 Å². The van der Waals surface area contributed by atoms with Crippen molar-refractivity contribution in [2.45, 2.75) is 108 Å². The Balaban J connectivity index is 2.63. The monoisotopic (exact) mass is 551 g/mol. The van der Waals surface area contributed by atoms with Crippen LogP contribution in [0.4, 0.5) is 0 Å². The van der Waals surface area contributed by atoms with Gasteiger partial charge in [-0.3, -0.25) is 9.90 Å².